The van der Waals surface area contributed by atoms with Crippen LogP contribution in [-0.4, -0.2) is 47.7 Å². The van der Waals surface area contributed by atoms with Crippen molar-refractivity contribution in [1.82, 2.24) is 4.90 Å². The molecule has 5 heteroatoms. The highest BCUT2D eigenvalue weighted by molar-refractivity contribution is 5.79. The Kier molecular flexibility index (Phi) is 4.96. The van der Waals surface area contributed by atoms with Crippen LogP contribution in [0.1, 0.15) is 38.5 Å². The number of aliphatic carboxylic acids is 1. The SMILES string of the molecule is O=C(O)C[C@@H]1CN(C(=O)CC2=CCCCC2)CCO1. The van der Waals surface area contributed by atoms with E-state index in [9.17, 15) is 9.59 Å². The average molecular weight is 267 g/mol. The van der Waals surface area contributed by atoms with Gasteiger partial charge in [-0.3, -0.25) is 9.59 Å². The van der Waals surface area contributed by atoms with E-state index in [-0.39, 0.29) is 18.4 Å². The predicted octanol–water partition coefficient (Wildman–Crippen LogP) is 1.58. The van der Waals surface area contributed by atoms with Crippen LogP contribution in [0.4, 0.5) is 0 Å². The average Bonchev–Trinajstić information content (AvgIpc) is 2.39. The molecule has 0 saturated carbocycles. The number of hydrogen-bond donors (Lipinski definition) is 1. The molecule has 0 unspecified atom stereocenters. The van der Waals surface area contributed by atoms with Gasteiger partial charge in [0, 0.05) is 19.5 Å². The minimum atomic E-state index is -0.880. The molecule has 1 atom stereocenters. The molecular formula is C14H21NO4. The Bertz CT molecular complexity index is 378. The van der Waals surface area contributed by atoms with Gasteiger partial charge in [-0.15, -0.1) is 0 Å². The summed E-state index contributed by atoms with van der Waals surface area (Å²) in [5.41, 5.74) is 1.23. The number of nitrogens with zero attached hydrogens (tertiary/aromatic N) is 1. The number of amides is 1. The van der Waals surface area contributed by atoms with Crippen molar-refractivity contribution in [2.45, 2.75) is 44.6 Å². The second kappa shape index (κ2) is 6.70. The van der Waals surface area contributed by atoms with Gasteiger partial charge in [0.15, 0.2) is 0 Å². The van der Waals surface area contributed by atoms with Crippen LogP contribution in [0, 0.1) is 0 Å². The van der Waals surface area contributed by atoms with Gasteiger partial charge in [-0.25, -0.2) is 0 Å². The van der Waals surface area contributed by atoms with Gasteiger partial charge < -0.3 is 14.7 Å². The van der Waals surface area contributed by atoms with Crippen LogP contribution in [0.3, 0.4) is 0 Å². The van der Waals surface area contributed by atoms with Crippen LogP contribution >= 0.6 is 0 Å². The Morgan fingerprint density at radius 3 is 2.95 bits per heavy atom. The number of carbonyl (C=O) groups is 2. The van der Waals surface area contributed by atoms with Gasteiger partial charge in [0.1, 0.15) is 0 Å². The largest absolute Gasteiger partial charge is 0.481 e. The molecule has 0 aromatic rings. The Balaban J connectivity index is 1.84. The molecule has 0 aromatic carbocycles. The molecule has 2 rings (SSSR count). The Labute approximate surface area is 113 Å². The number of hydrogen-bond acceptors (Lipinski definition) is 3. The van der Waals surface area contributed by atoms with E-state index in [1.165, 1.54) is 18.4 Å². The molecule has 1 N–H and O–H groups in total. The van der Waals surface area contributed by atoms with Crippen molar-refractivity contribution in [3.63, 3.8) is 0 Å². The number of carbonyl (C=O) groups excluding carboxylic acids is 1. The molecule has 1 amide bonds. The van der Waals surface area contributed by atoms with Crippen molar-refractivity contribution in [3.8, 4) is 0 Å². The first kappa shape index (κ1) is 14.1. The lowest BCUT2D eigenvalue weighted by molar-refractivity contribution is -0.147. The maximum absolute atomic E-state index is 12.2. The third kappa shape index (κ3) is 4.35. The summed E-state index contributed by atoms with van der Waals surface area (Å²) >= 11 is 0. The van der Waals surface area contributed by atoms with E-state index < -0.39 is 5.97 Å². The fraction of sp³-hybridized carbons (Fsp3) is 0.714. The summed E-state index contributed by atoms with van der Waals surface area (Å²) < 4.78 is 5.37. The van der Waals surface area contributed by atoms with E-state index in [0.29, 0.717) is 26.1 Å². The summed E-state index contributed by atoms with van der Waals surface area (Å²) in [6.45, 7) is 1.41. The van der Waals surface area contributed by atoms with Gasteiger partial charge in [-0.1, -0.05) is 11.6 Å². The molecule has 106 valence electrons. The van der Waals surface area contributed by atoms with Crippen molar-refractivity contribution in [1.29, 1.82) is 0 Å². The van der Waals surface area contributed by atoms with E-state index in [2.05, 4.69) is 6.08 Å². The second-order valence-corrected chi connectivity index (χ2v) is 5.22. The van der Waals surface area contributed by atoms with Crippen molar-refractivity contribution < 1.29 is 19.4 Å². The summed E-state index contributed by atoms with van der Waals surface area (Å²) in [6, 6.07) is 0. The highest BCUT2D eigenvalue weighted by Crippen LogP contribution is 2.21. The summed E-state index contributed by atoms with van der Waals surface area (Å²) in [7, 11) is 0. The van der Waals surface area contributed by atoms with Gasteiger partial charge in [-0.2, -0.15) is 0 Å². The minimum Gasteiger partial charge on any atom is -0.481 e. The van der Waals surface area contributed by atoms with E-state index in [0.717, 1.165) is 12.8 Å². The third-order valence-corrected chi connectivity index (χ3v) is 3.66. The maximum Gasteiger partial charge on any atom is 0.306 e. The van der Waals surface area contributed by atoms with Gasteiger partial charge in [0.05, 0.1) is 19.1 Å². The smallest absolute Gasteiger partial charge is 0.306 e. The summed E-state index contributed by atoms with van der Waals surface area (Å²) in [5, 5.41) is 8.76. The molecule has 19 heavy (non-hydrogen) atoms. The van der Waals surface area contributed by atoms with Gasteiger partial charge >= 0.3 is 5.97 Å². The number of carboxylic acids is 1. The van der Waals surface area contributed by atoms with Crippen LogP contribution in [0.15, 0.2) is 11.6 Å². The van der Waals surface area contributed by atoms with Crippen molar-refractivity contribution >= 4 is 11.9 Å². The summed E-state index contributed by atoms with van der Waals surface area (Å²) in [6.07, 6.45) is 6.75. The number of allylic oxidation sites excluding steroid dienone is 1. The molecule has 1 aliphatic carbocycles. The molecule has 1 fully saturated rings. The van der Waals surface area contributed by atoms with Crippen LogP contribution in [0.2, 0.25) is 0 Å². The number of ether oxygens (including phenoxy) is 1. The Hall–Kier alpha value is -1.36. The number of rotatable bonds is 4. The first-order valence-electron chi connectivity index (χ1n) is 6.94. The lowest BCUT2D eigenvalue weighted by atomic mass is 9.96. The molecule has 0 radical (unpaired) electrons. The second-order valence-electron chi connectivity index (χ2n) is 5.22. The monoisotopic (exact) mass is 267 g/mol. The number of morpholine rings is 1. The summed E-state index contributed by atoms with van der Waals surface area (Å²) in [4.78, 5) is 24.6. The van der Waals surface area contributed by atoms with E-state index in [1.807, 2.05) is 0 Å². The molecule has 0 bridgehead atoms. The maximum atomic E-state index is 12.2. The molecule has 0 spiro atoms. The van der Waals surface area contributed by atoms with Gasteiger partial charge in [0.2, 0.25) is 5.91 Å². The first-order valence-corrected chi connectivity index (χ1v) is 6.94. The normalized spacial score (nSPS) is 23.9. The van der Waals surface area contributed by atoms with Crippen LogP contribution in [-0.2, 0) is 14.3 Å². The highest BCUT2D eigenvalue weighted by Gasteiger charge is 2.26. The van der Waals surface area contributed by atoms with Crippen molar-refractivity contribution in [2.24, 2.45) is 0 Å². The fourth-order valence-electron chi connectivity index (χ4n) is 2.64. The zero-order chi connectivity index (χ0) is 13.7. The lowest BCUT2D eigenvalue weighted by Gasteiger charge is -2.32. The van der Waals surface area contributed by atoms with E-state index >= 15 is 0 Å². The van der Waals surface area contributed by atoms with Crippen LogP contribution in [0.25, 0.3) is 0 Å². The molecule has 1 heterocycles. The van der Waals surface area contributed by atoms with E-state index in [1.54, 1.807) is 4.90 Å². The molecular weight excluding hydrogens is 246 g/mol. The standard InChI is InChI=1S/C14H21NO4/c16-13(8-11-4-2-1-3-5-11)15-6-7-19-12(10-15)9-14(17)18/h4,12H,1-3,5-10H2,(H,17,18)/t12-/m1/s1. The molecule has 2 aliphatic rings. The number of carboxylic acid groups (broad SMARTS) is 1. The molecule has 1 saturated heterocycles. The lowest BCUT2D eigenvalue weighted by Crippen LogP contribution is -2.46. The van der Waals surface area contributed by atoms with Gasteiger partial charge in [0.25, 0.3) is 0 Å². The van der Waals surface area contributed by atoms with E-state index in [4.69, 9.17) is 9.84 Å². The zero-order valence-corrected chi connectivity index (χ0v) is 11.1. The highest BCUT2D eigenvalue weighted by atomic mass is 16.5. The summed E-state index contributed by atoms with van der Waals surface area (Å²) in [5.74, 6) is -0.777. The molecule has 1 aliphatic heterocycles. The Morgan fingerprint density at radius 2 is 2.26 bits per heavy atom. The Morgan fingerprint density at radius 1 is 1.42 bits per heavy atom. The van der Waals surface area contributed by atoms with Crippen molar-refractivity contribution in [2.75, 3.05) is 19.7 Å². The van der Waals surface area contributed by atoms with Crippen molar-refractivity contribution in [3.05, 3.63) is 11.6 Å². The minimum absolute atomic E-state index is 0.0352. The zero-order valence-electron chi connectivity index (χ0n) is 11.1. The van der Waals surface area contributed by atoms with Crippen LogP contribution in [0.5, 0.6) is 0 Å². The molecule has 5 nitrogen and oxygen atoms in total. The third-order valence-electron chi connectivity index (χ3n) is 3.66. The van der Waals surface area contributed by atoms with Crippen LogP contribution < -0.4 is 0 Å². The topological polar surface area (TPSA) is 66.8 Å². The quantitative estimate of drug-likeness (QED) is 0.785. The predicted molar refractivity (Wildman–Crippen MR) is 69.7 cm³/mol. The van der Waals surface area contributed by atoms with Gasteiger partial charge in [-0.05, 0) is 25.7 Å². The fourth-order valence-corrected chi connectivity index (χ4v) is 2.64. The first-order chi connectivity index (χ1) is 9.15. The molecule has 0 aromatic heterocycles.